The van der Waals surface area contributed by atoms with E-state index in [4.69, 9.17) is 23.2 Å². The molecule has 1 fully saturated rings. The Hall–Kier alpha value is -4.44. The summed E-state index contributed by atoms with van der Waals surface area (Å²) in [4.78, 5) is 4.28. The van der Waals surface area contributed by atoms with Gasteiger partial charge >= 0.3 is 6.36 Å². The highest BCUT2D eigenvalue weighted by atomic mass is 35.5. The van der Waals surface area contributed by atoms with Crippen molar-refractivity contribution in [3.63, 3.8) is 0 Å². The van der Waals surface area contributed by atoms with Crippen LogP contribution in [0.3, 0.4) is 0 Å². The number of rotatable bonds is 8. The van der Waals surface area contributed by atoms with Gasteiger partial charge in [-0.1, -0.05) is 41.4 Å². The minimum absolute atomic E-state index is 0.0104. The highest BCUT2D eigenvalue weighted by molar-refractivity contribution is 6.36. The van der Waals surface area contributed by atoms with Gasteiger partial charge in [0.2, 0.25) is 0 Å². The maximum Gasteiger partial charge on any atom is 0.573 e. The third-order valence-electron chi connectivity index (χ3n) is 6.69. The maximum atomic E-state index is 13.9. The Labute approximate surface area is 254 Å². The first-order valence-corrected chi connectivity index (χ1v) is 13.6. The zero-order chi connectivity index (χ0) is 31.2. The van der Waals surface area contributed by atoms with Crippen LogP contribution in [0.2, 0.25) is 10.0 Å². The molecule has 4 aromatic rings. The number of aromatic nitrogens is 1. The Morgan fingerprint density at radius 2 is 1.91 bits per heavy atom. The Morgan fingerprint density at radius 1 is 1.14 bits per heavy atom. The van der Waals surface area contributed by atoms with E-state index in [9.17, 15) is 24.2 Å². The van der Waals surface area contributed by atoms with Gasteiger partial charge in [0, 0.05) is 29.5 Å². The van der Waals surface area contributed by atoms with Crippen LogP contribution in [0.1, 0.15) is 31.4 Å². The second-order valence-electron chi connectivity index (χ2n) is 9.73. The molecule has 4 N–H and O–H groups in total. The van der Waals surface area contributed by atoms with E-state index in [1.165, 1.54) is 54.7 Å². The first kappa shape index (κ1) is 27.4. The lowest BCUT2D eigenvalue weighted by Gasteiger charge is -2.22. The lowest BCUT2D eigenvalue weighted by Crippen LogP contribution is -2.38. The minimum Gasteiger partial charge on any atom is -0.402 e. The number of hydrogen-bond donors (Lipinski definition) is 4. The number of alkyl halides is 3. The van der Waals surface area contributed by atoms with Crippen molar-refractivity contribution in [1.82, 2.24) is 21.0 Å². The molecule has 2 heterocycles. The largest absolute Gasteiger partial charge is 0.573 e. The smallest absolute Gasteiger partial charge is 0.402 e. The molecular formula is C29H21Cl2F4N7O. The van der Waals surface area contributed by atoms with Crippen LogP contribution >= 0.6 is 23.2 Å². The van der Waals surface area contributed by atoms with Crippen molar-refractivity contribution < 1.29 is 23.7 Å². The Bertz CT molecular complexity index is 1830. The number of hydrogen-bond acceptors (Lipinski definition) is 8. The number of anilines is 3. The number of benzene rings is 3. The van der Waals surface area contributed by atoms with E-state index in [0.717, 1.165) is 12.8 Å². The zero-order valence-corrected chi connectivity index (χ0v) is 23.4. The number of halogens is 6. The van der Waals surface area contributed by atoms with Crippen LogP contribution in [-0.4, -0.2) is 22.4 Å². The summed E-state index contributed by atoms with van der Waals surface area (Å²) in [6.07, 6.45) is -0.0739. The molecule has 1 saturated carbocycles. The van der Waals surface area contributed by atoms with E-state index in [0.29, 0.717) is 16.9 Å². The van der Waals surface area contributed by atoms with E-state index < -0.39 is 23.9 Å². The molecule has 2 aliphatic rings. The van der Waals surface area contributed by atoms with E-state index in [-0.39, 0.29) is 43.9 Å². The summed E-state index contributed by atoms with van der Waals surface area (Å²) in [7, 11) is 0. The van der Waals surface area contributed by atoms with Crippen LogP contribution in [-0.2, 0) is 0 Å². The summed E-state index contributed by atoms with van der Waals surface area (Å²) < 4.78 is 67.2. The first-order chi connectivity index (χ1) is 20.9. The molecule has 1 aliphatic heterocycles. The molecule has 0 bridgehead atoms. The quantitative estimate of drug-likeness (QED) is 0.147. The first-order valence-electron chi connectivity index (χ1n) is 13.4. The predicted octanol–water partition coefficient (Wildman–Crippen LogP) is 7.68. The number of nitrogens with one attached hydrogen (secondary N) is 4. The normalized spacial score (nSPS) is 16.5. The monoisotopic (exact) mass is 630 g/mol. The van der Waals surface area contributed by atoms with Crippen LogP contribution in [0, 0.1) is 17.1 Å². The standard InChI is InChI=1S/C29H21Cl2F4N7O/c30-21-2-1-3-23(28(21)43-29(33,34)35)39-25-16(12-36)13-37-27-20(25)10-18(11-22(27)31)38-26(15-4-6-17(32)7-5-15)24-14-42(41-40-24)19-8-9-19/h1-7,10-11,13-14,19,26,38,40-41H,8-9H2,(H,37,39)/i26D. The van der Waals surface area contributed by atoms with Crippen molar-refractivity contribution in [3.05, 3.63) is 99.7 Å². The fraction of sp³-hybridized carbons (Fsp3) is 0.172. The SMILES string of the molecule is [2H]C(Nc1cc(Cl)c2ncc(C#N)c(Nc3cccc(Cl)c3OC(F)(F)F)c2c1)(C1=CN(C2CC2)NN1)c1ccc(F)cc1. The van der Waals surface area contributed by atoms with Gasteiger partial charge < -0.3 is 20.8 Å². The van der Waals surface area contributed by atoms with Crippen molar-refractivity contribution in [2.24, 2.45) is 0 Å². The second-order valence-corrected chi connectivity index (χ2v) is 10.5. The van der Waals surface area contributed by atoms with Crippen LogP contribution < -0.4 is 26.3 Å². The molecule has 6 rings (SSSR count). The van der Waals surface area contributed by atoms with Crippen molar-refractivity contribution in [3.8, 4) is 11.8 Å². The molecule has 3 aromatic carbocycles. The number of hydrazine groups is 2. The van der Waals surface area contributed by atoms with Crippen molar-refractivity contribution in [1.29, 1.82) is 5.26 Å². The topological polar surface area (TPSA) is 97.3 Å². The molecule has 1 atom stereocenters. The van der Waals surface area contributed by atoms with E-state index in [2.05, 4.69) is 31.3 Å². The number of pyridine rings is 1. The number of nitrogens with zero attached hydrogens (tertiary/aromatic N) is 3. The Morgan fingerprint density at radius 3 is 2.60 bits per heavy atom. The lowest BCUT2D eigenvalue weighted by atomic mass is 10.0. The van der Waals surface area contributed by atoms with Crippen LogP contribution in [0.4, 0.5) is 34.6 Å². The summed E-state index contributed by atoms with van der Waals surface area (Å²) in [5.74, 6) is -1.17. The molecular weight excluding hydrogens is 609 g/mol. The molecule has 14 heteroatoms. The van der Waals surface area contributed by atoms with Gasteiger partial charge in [-0.15, -0.1) is 18.7 Å². The summed E-state index contributed by atoms with van der Waals surface area (Å²) in [5.41, 5.74) is 7.28. The molecule has 0 amide bonds. The second kappa shape index (κ2) is 11.3. The number of nitriles is 1. The van der Waals surface area contributed by atoms with Gasteiger partial charge in [0.05, 0.1) is 45.6 Å². The average molecular weight is 631 g/mol. The van der Waals surface area contributed by atoms with E-state index >= 15 is 0 Å². The summed E-state index contributed by atoms with van der Waals surface area (Å²) in [6.45, 7) is 0. The molecule has 0 saturated heterocycles. The molecule has 43 heavy (non-hydrogen) atoms. The van der Waals surface area contributed by atoms with Gasteiger partial charge in [0.15, 0.2) is 5.75 Å². The lowest BCUT2D eigenvalue weighted by molar-refractivity contribution is -0.274. The third-order valence-corrected chi connectivity index (χ3v) is 7.28. The highest BCUT2D eigenvalue weighted by Gasteiger charge is 2.34. The fourth-order valence-electron chi connectivity index (χ4n) is 4.57. The van der Waals surface area contributed by atoms with Gasteiger partial charge in [0.1, 0.15) is 11.9 Å². The zero-order valence-electron chi connectivity index (χ0n) is 22.9. The van der Waals surface area contributed by atoms with Crippen molar-refractivity contribution >= 4 is 51.2 Å². The number of fused-ring (bicyclic) bond motifs is 1. The highest BCUT2D eigenvalue weighted by Crippen LogP contribution is 2.42. The molecule has 0 spiro atoms. The molecule has 220 valence electrons. The maximum absolute atomic E-state index is 13.9. The third kappa shape index (κ3) is 6.19. The number of para-hydroxylation sites is 1. The van der Waals surface area contributed by atoms with Gasteiger partial charge in [-0.05, 0) is 54.8 Å². The van der Waals surface area contributed by atoms with Crippen molar-refractivity contribution in [2.75, 3.05) is 10.6 Å². The van der Waals surface area contributed by atoms with Gasteiger partial charge in [-0.25, -0.2) is 4.39 Å². The summed E-state index contributed by atoms with van der Waals surface area (Å²) in [6, 6.07) is 13.0. The van der Waals surface area contributed by atoms with Crippen LogP contribution in [0.25, 0.3) is 10.9 Å². The molecule has 1 unspecified atom stereocenters. The van der Waals surface area contributed by atoms with E-state index in [1.54, 1.807) is 12.3 Å². The molecule has 0 radical (unpaired) electrons. The fourth-order valence-corrected chi connectivity index (χ4v) is 5.05. The summed E-state index contributed by atoms with van der Waals surface area (Å²) >= 11 is 12.7. The average Bonchev–Trinajstić information content (AvgIpc) is 3.70. The Kier molecular flexibility index (Phi) is 7.22. The van der Waals surface area contributed by atoms with Gasteiger partial charge in [0.25, 0.3) is 0 Å². The van der Waals surface area contributed by atoms with Crippen LogP contribution in [0.15, 0.2) is 72.7 Å². The van der Waals surface area contributed by atoms with Gasteiger partial charge in [-0.3, -0.25) is 9.99 Å². The van der Waals surface area contributed by atoms with Gasteiger partial charge in [-0.2, -0.15) is 5.26 Å². The summed E-state index contributed by atoms with van der Waals surface area (Å²) in [5, 5.41) is 17.8. The minimum atomic E-state index is -5.04. The Balaban J connectivity index is 1.46. The van der Waals surface area contributed by atoms with Crippen LogP contribution in [0.5, 0.6) is 5.75 Å². The number of ether oxygens (including phenoxy) is 1. The predicted molar refractivity (Wildman–Crippen MR) is 155 cm³/mol. The van der Waals surface area contributed by atoms with E-state index in [1.807, 2.05) is 11.1 Å². The molecule has 1 aromatic heterocycles. The van der Waals surface area contributed by atoms with Crippen molar-refractivity contribution in [2.45, 2.75) is 31.3 Å². The molecule has 1 aliphatic carbocycles. The molecule has 8 nitrogen and oxygen atoms in total.